The Bertz CT molecular complexity index is 459. The lowest BCUT2D eigenvalue weighted by atomic mass is 9.88. The van der Waals surface area contributed by atoms with Crippen LogP contribution in [0.4, 0.5) is 5.69 Å². The zero-order chi connectivity index (χ0) is 14.3. The Morgan fingerprint density at radius 2 is 1.95 bits per heavy atom. The van der Waals surface area contributed by atoms with E-state index in [4.69, 9.17) is 5.26 Å². The molecule has 0 saturated carbocycles. The van der Waals surface area contributed by atoms with Crippen LogP contribution >= 0.6 is 0 Å². The molecule has 0 saturated heterocycles. The van der Waals surface area contributed by atoms with Crippen LogP contribution in [-0.2, 0) is 11.2 Å². The van der Waals surface area contributed by atoms with Gasteiger partial charge in [0.15, 0.2) is 0 Å². The molecule has 0 aromatic heterocycles. The number of aryl methyl sites for hydroxylation is 1. The van der Waals surface area contributed by atoms with Gasteiger partial charge < -0.3 is 5.32 Å². The van der Waals surface area contributed by atoms with Gasteiger partial charge in [0, 0.05) is 5.69 Å². The van der Waals surface area contributed by atoms with Gasteiger partial charge in [0.1, 0.15) is 5.41 Å². The highest BCUT2D eigenvalue weighted by Gasteiger charge is 2.31. The highest BCUT2D eigenvalue weighted by molar-refractivity contribution is 5.96. The van der Waals surface area contributed by atoms with Gasteiger partial charge in [-0.2, -0.15) is 5.26 Å². The second-order valence-corrected chi connectivity index (χ2v) is 5.05. The molecule has 1 aromatic carbocycles. The molecule has 3 nitrogen and oxygen atoms in total. The van der Waals surface area contributed by atoms with E-state index in [1.807, 2.05) is 31.2 Å². The van der Waals surface area contributed by atoms with Gasteiger partial charge in [0.25, 0.3) is 0 Å². The number of nitriles is 1. The Balaban J connectivity index is 2.68. The Morgan fingerprint density at radius 1 is 1.32 bits per heavy atom. The van der Waals surface area contributed by atoms with Crippen molar-refractivity contribution in [1.29, 1.82) is 5.26 Å². The van der Waals surface area contributed by atoms with Crippen LogP contribution in [-0.4, -0.2) is 5.91 Å². The molecule has 19 heavy (non-hydrogen) atoms. The van der Waals surface area contributed by atoms with Gasteiger partial charge in [-0.05, 0) is 43.9 Å². The van der Waals surface area contributed by atoms with Crippen LogP contribution in [0.2, 0.25) is 0 Å². The molecule has 0 aliphatic heterocycles. The summed E-state index contributed by atoms with van der Waals surface area (Å²) in [4.78, 5) is 12.0. The first-order valence-corrected chi connectivity index (χ1v) is 6.87. The zero-order valence-corrected chi connectivity index (χ0v) is 12.0. The van der Waals surface area contributed by atoms with Crippen molar-refractivity contribution in [2.45, 2.75) is 46.5 Å². The van der Waals surface area contributed by atoms with Crippen molar-refractivity contribution in [3.63, 3.8) is 0 Å². The maximum Gasteiger partial charge on any atom is 0.244 e. The first-order chi connectivity index (χ1) is 9.05. The molecule has 1 amide bonds. The first kappa shape index (κ1) is 15.2. The Hall–Kier alpha value is -1.82. The number of unbranched alkanes of at least 4 members (excludes halogenated alkanes) is 1. The van der Waals surface area contributed by atoms with Crippen molar-refractivity contribution in [3.8, 4) is 6.07 Å². The lowest BCUT2D eigenvalue weighted by molar-refractivity contribution is -0.122. The molecular formula is C16H22N2O. The minimum absolute atomic E-state index is 0.237. The van der Waals surface area contributed by atoms with Crippen LogP contribution in [0.15, 0.2) is 24.3 Å². The zero-order valence-electron chi connectivity index (χ0n) is 12.0. The van der Waals surface area contributed by atoms with Crippen LogP contribution in [0.5, 0.6) is 0 Å². The van der Waals surface area contributed by atoms with E-state index in [0.717, 1.165) is 12.1 Å². The van der Waals surface area contributed by atoms with Crippen LogP contribution < -0.4 is 5.32 Å². The summed E-state index contributed by atoms with van der Waals surface area (Å²) in [5.41, 5.74) is 1.07. The Morgan fingerprint density at radius 3 is 2.42 bits per heavy atom. The molecule has 1 rings (SSSR count). The summed E-state index contributed by atoms with van der Waals surface area (Å²) in [6, 6.07) is 9.93. The van der Waals surface area contributed by atoms with Crippen molar-refractivity contribution in [2.24, 2.45) is 5.41 Å². The average Bonchev–Trinajstić information content (AvgIpc) is 2.45. The number of benzene rings is 1. The fourth-order valence-corrected chi connectivity index (χ4v) is 1.70. The molecule has 0 aliphatic rings. The second kappa shape index (κ2) is 6.94. The monoisotopic (exact) mass is 258 g/mol. The quantitative estimate of drug-likeness (QED) is 0.841. The number of anilines is 1. The van der Waals surface area contributed by atoms with Crippen LogP contribution in [0.1, 0.15) is 45.6 Å². The third-order valence-electron chi connectivity index (χ3n) is 3.49. The van der Waals surface area contributed by atoms with Crippen molar-refractivity contribution in [3.05, 3.63) is 29.8 Å². The van der Waals surface area contributed by atoms with Crippen molar-refractivity contribution >= 4 is 11.6 Å². The molecule has 1 atom stereocenters. The van der Waals surface area contributed by atoms with Crippen LogP contribution in [0.3, 0.4) is 0 Å². The lowest BCUT2D eigenvalue weighted by Gasteiger charge is -2.18. The maximum absolute atomic E-state index is 12.0. The normalized spacial score (nSPS) is 13.4. The molecule has 0 heterocycles. The van der Waals surface area contributed by atoms with Gasteiger partial charge >= 0.3 is 0 Å². The highest BCUT2D eigenvalue weighted by atomic mass is 16.2. The van der Waals surface area contributed by atoms with Gasteiger partial charge in [-0.15, -0.1) is 0 Å². The van der Waals surface area contributed by atoms with Crippen molar-refractivity contribution in [2.75, 3.05) is 5.32 Å². The van der Waals surface area contributed by atoms with E-state index in [-0.39, 0.29) is 5.91 Å². The number of hydrogen-bond acceptors (Lipinski definition) is 2. The molecule has 1 aromatic rings. The van der Waals surface area contributed by atoms with E-state index in [9.17, 15) is 4.79 Å². The van der Waals surface area contributed by atoms with Crippen molar-refractivity contribution in [1.82, 2.24) is 0 Å². The standard InChI is InChI=1S/C16H22N2O/c1-4-6-7-13-8-10-14(11-9-13)18-15(19)16(3,5-2)12-17/h8-11H,4-7H2,1-3H3,(H,18,19). The second-order valence-electron chi connectivity index (χ2n) is 5.05. The summed E-state index contributed by atoms with van der Waals surface area (Å²) in [7, 11) is 0. The fraction of sp³-hybridized carbons (Fsp3) is 0.500. The third kappa shape index (κ3) is 4.10. The number of nitrogens with one attached hydrogen (secondary N) is 1. The predicted octanol–water partition coefficient (Wildman–Crippen LogP) is 3.91. The summed E-state index contributed by atoms with van der Waals surface area (Å²) in [6.45, 7) is 5.68. The number of hydrogen-bond donors (Lipinski definition) is 1. The smallest absolute Gasteiger partial charge is 0.244 e. The van der Waals surface area contributed by atoms with Gasteiger partial charge in [0.2, 0.25) is 5.91 Å². The van der Waals surface area contributed by atoms with Crippen LogP contribution in [0, 0.1) is 16.7 Å². The van der Waals surface area contributed by atoms with Crippen LogP contribution in [0.25, 0.3) is 0 Å². The molecule has 1 N–H and O–H groups in total. The Kier molecular flexibility index (Phi) is 5.57. The number of carbonyl (C=O) groups is 1. The largest absolute Gasteiger partial charge is 0.325 e. The summed E-state index contributed by atoms with van der Waals surface area (Å²) < 4.78 is 0. The molecule has 3 heteroatoms. The van der Waals surface area contributed by atoms with E-state index in [1.54, 1.807) is 6.92 Å². The predicted molar refractivity (Wildman–Crippen MR) is 77.7 cm³/mol. The lowest BCUT2D eigenvalue weighted by Crippen LogP contribution is -2.31. The highest BCUT2D eigenvalue weighted by Crippen LogP contribution is 2.22. The summed E-state index contributed by atoms with van der Waals surface area (Å²) in [6.07, 6.45) is 3.92. The van der Waals surface area contributed by atoms with Gasteiger partial charge in [-0.3, -0.25) is 4.79 Å². The van der Waals surface area contributed by atoms with Gasteiger partial charge in [-0.1, -0.05) is 32.4 Å². The number of amides is 1. The SMILES string of the molecule is CCCCc1ccc(NC(=O)C(C)(C#N)CC)cc1. The van der Waals surface area contributed by atoms with Crippen molar-refractivity contribution < 1.29 is 4.79 Å². The molecular weight excluding hydrogens is 236 g/mol. The average molecular weight is 258 g/mol. The van der Waals surface area contributed by atoms with E-state index >= 15 is 0 Å². The topological polar surface area (TPSA) is 52.9 Å². The van der Waals surface area contributed by atoms with Gasteiger partial charge in [-0.25, -0.2) is 0 Å². The summed E-state index contributed by atoms with van der Waals surface area (Å²) in [5.74, 6) is -0.237. The first-order valence-electron chi connectivity index (χ1n) is 6.87. The van der Waals surface area contributed by atoms with E-state index < -0.39 is 5.41 Å². The maximum atomic E-state index is 12.0. The molecule has 0 fully saturated rings. The molecule has 1 unspecified atom stereocenters. The van der Waals surface area contributed by atoms with E-state index in [0.29, 0.717) is 6.42 Å². The Labute approximate surface area is 115 Å². The summed E-state index contributed by atoms with van der Waals surface area (Å²) in [5, 5.41) is 11.9. The molecule has 0 bridgehead atoms. The molecule has 102 valence electrons. The minimum atomic E-state index is -0.957. The van der Waals surface area contributed by atoms with Gasteiger partial charge in [0.05, 0.1) is 6.07 Å². The number of rotatable bonds is 6. The minimum Gasteiger partial charge on any atom is -0.325 e. The molecule has 0 spiro atoms. The van der Waals surface area contributed by atoms with E-state index in [1.165, 1.54) is 18.4 Å². The molecule has 0 aliphatic carbocycles. The number of nitrogens with zero attached hydrogens (tertiary/aromatic N) is 1. The fourth-order valence-electron chi connectivity index (χ4n) is 1.70. The molecule has 0 radical (unpaired) electrons. The third-order valence-corrected chi connectivity index (χ3v) is 3.49. The summed E-state index contributed by atoms with van der Waals surface area (Å²) >= 11 is 0. The number of carbonyl (C=O) groups excluding carboxylic acids is 1. The van der Waals surface area contributed by atoms with E-state index in [2.05, 4.69) is 18.3 Å².